The van der Waals surface area contributed by atoms with Gasteiger partial charge in [0.15, 0.2) is 0 Å². The van der Waals surface area contributed by atoms with Crippen molar-refractivity contribution in [2.45, 2.75) is 26.2 Å². The first-order valence-corrected chi connectivity index (χ1v) is 8.08. The summed E-state index contributed by atoms with van der Waals surface area (Å²) in [5, 5.41) is 5.02. The van der Waals surface area contributed by atoms with Crippen LogP contribution in [0.5, 0.6) is 5.75 Å². The van der Waals surface area contributed by atoms with Gasteiger partial charge in [-0.1, -0.05) is 6.92 Å². The van der Waals surface area contributed by atoms with Gasteiger partial charge in [0.1, 0.15) is 5.75 Å². The second kappa shape index (κ2) is 8.53. The summed E-state index contributed by atoms with van der Waals surface area (Å²) in [5.41, 5.74) is 0.611. The molecule has 0 atom stereocenters. The maximum Gasteiger partial charge on any atom is 0.325 e. The van der Waals surface area contributed by atoms with Crippen molar-refractivity contribution in [3.05, 3.63) is 24.3 Å². The standard InChI is InChI=1S/C17H25N3O3/c1-3-10-20(11-13-4-5-13)12-16(21)19-17(22)18-14-6-8-15(23-2)9-7-14/h6-9,13H,3-5,10-12H2,1-2H3,(H2,18,19,21,22). The second-order valence-electron chi connectivity index (χ2n) is 5.91. The zero-order chi connectivity index (χ0) is 16.7. The van der Waals surface area contributed by atoms with Gasteiger partial charge in [-0.2, -0.15) is 0 Å². The number of carbonyl (C=O) groups excluding carboxylic acids is 2. The van der Waals surface area contributed by atoms with Crippen LogP contribution in [0.4, 0.5) is 10.5 Å². The molecule has 1 saturated carbocycles. The first-order chi connectivity index (χ1) is 11.1. The van der Waals surface area contributed by atoms with E-state index in [1.165, 1.54) is 12.8 Å². The van der Waals surface area contributed by atoms with Crippen molar-refractivity contribution in [3.8, 4) is 5.75 Å². The minimum absolute atomic E-state index is 0.264. The number of hydrogen-bond donors (Lipinski definition) is 2. The number of anilines is 1. The number of amides is 3. The third kappa shape index (κ3) is 6.28. The summed E-state index contributed by atoms with van der Waals surface area (Å²) in [7, 11) is 1.58. The Hall–Kier alpha value is -2.08. The minimum atomic E-state index is -0.511. The van der Waals surface area contributed by atoms with Crippen LogP contribution in [0.2, 0.25) is 0 Å². The van der Waals surface area contributed by atoms with Crippen molar-refractivity contribution in [2.75, 3.05) is 32.1 Å². The van der Waals surface area contributed by atoms with E-state index in [0.717, 1.165) is 25.4 Å². The first-order valence-electron chi connectivity index (χ1n) is 8.08. The van der Waals surface area contributed by atoms with E-state index in [1.54, 1.807) is 31.4 Å². The lowest BCUT2D eigenvalue weighted by molar-refractivity contribution is -0.121. The lowest BCUT2D eigenvalue weighted by atomic mass is 10.3. The highest BCUT2D eigenvalue weighted by Crippen LogP contribution is 2.29. The Morgan fingerprint density at radius 1 is 1.26 bits per heavy atom. The van der Waals surface area contributed by atoms with E-state index in [4.69, 9.17) is 4.74 Å². The summed E-state index contributed by atoms with van der Waals surface area (Å²) in [4.78, 5) is 26.0. The summed E-state index contributed by atoms with van der Waals surface area (Å²) >= 11 is 0. The van der Waals surface area contributed by atoms with E-state index in [-0.39, 0.29) is 12.5 Å². The monoisotopic (exact) mass is 319 g/mol. The Bertz CT molecular complexity index is 526. The van der Waals surface area contributed by atoms with Crippen LogP contribution in [0.15, 0.2) is 24.3 Å². The van der Waals surface area contributed by atoms with E-state index in [9.17, 15) is 9.59 Å². The van der Waals surface area contributed by atoms with Crippen LogP contribution in [0.25, 0.3) is 0 Å². The number of hydrogen-bond acceptors (Lipinski definition) is 4. The van der Waals surface area contributed by atoms with E-state index < -0.39 is 6.03 Å². The Labute approximate surface area is 137 Å². The molecule has 0 radical (unpaired) electrons. The fourth-order valence-corrected chi connectivity index (χ4v) is 2.42. The molecule has 6 heteroatoms. The normalized spacial score (nSPS) is 13.7. The zero-order valence-electron chi connectivity index (χ0n) is 13.8. The number of urea groups is 1. The molecule has 0 aliphatic heterocycles. The maximum absolute atomic E-state index is 12.0. The fraction of sp³-hybridized carbons (Fsp3) is 0.529. The smallest absolute Gasteiger partial charge is 0.325 e. The maximum atomic E-state index is 12.0. The Balaban J connectivity index is 1.77. The number of ether oxygens (including phenoxy) is 1. The van der Waals surface area contributed by atoms with Gasteiger partial charge in [-0.15, -0.1) is 0 Å². The van der Waals surface area contributed by atoms with Gasteiger partial charge in [0.2, 0.25) is 5.91 Å². The number of carbonyl (C=O) groups is 2. The highest BCUT2D eigenvalue weighted by Gasteiger charge is 2.25. The zero-order valence-corrected chi connectivity index (χ0v) is 13.8. The third-order valence-corrected chi connectivity index (χ3v) is 3.72. The molecular formula is C17H25N3O3. The molecule has 1 aliphatic carbocycles. The van der Waals surface area contributed by atoms with Gasteiger partial charge in [-0.25, -0.2) is 4.79 Å². The molecule has 0 heterocycles. The van der Waals surface area contributed by atoms with Crippen molar-refractivity contribution in [3.63, 3.8) is 0 Å². The molecule has 0 aromatic heterocycles. The third-order valence-electron chi connectivity index (χ3n) is 3.72. The van der Waals surface area contributed by atoms with E-state index >= 15 is 0 Å². The predicted molar refractivity (Wildman–Crippen MR) is 89.6 cm³/mol. The highest BCUT2D eigenvalue weighted by atomic mass is 16.5. The van der Waals surface area contributed by atoms with Gasteiger partial charge in [-0.05, 0) is 56.0 Å². The summed E-state index contributed by atoms with van der Waals surface area (Å²) in [6, 6.07) is 6.42. The van der Waals surface area contributed by atoms with Crippen LogP contribution in [0, 0.1) is 5.92 Å². The van der Waals surface area contributed by atoms with Gasteiger partial charge in [0, 0.05) is 12.2 Å². The number of nitrogens with one attached hydrogen (secondary N) is 2. The van der Waals surface area contributed by atoms with Crippen molar-refractivity contribution in [1.82, 2.24) is 10.2 Å². The molecule has 23 heavy (non-hydrogen) atoms. The Morgan fingerprint density at radius 3 is 2.52 bits per heavy atom. The molecule has 0 bridgehead atoms. The van der Waals surface area contributed by atoms with Crippen molar-refractivity contribution in [1.29, 1.82) is 0 Å². The largest absolute Gasteiger partial charge is 0.497 e. The molecule has 126 valence electrons. The number of rotatable bonds is 8. The van der Waals surface area contributed by atoms with Gasteiger partial charge in [0.25, 0.3) is 0 Å². The van der Waals surface area contributed by atoms with Gasteiger partial charge in [-0.3, -0.25) is 15.0 Å². The number of imide groups is 1. The Morgan fingerprint density at radius 2 is 1.96 bits per heavy atom. The minimum Gasteiger partial charge on any atom is -0.497 e. The van der Waals surface area contributed by atoms with Gasteiger partial charge >= 0.3 is 6.03 Å². The van der Waals surface area contributed by atoms with Crippen LogP contribution in [-0.2, 0) is 4.79 Å². The molecule has 1 aromatic rings. The summed E-state index contributed by atoms with van der Waals surface area (Å²) in [5.74, 6) is 1.16. The fourth-order valence-electron chi connectivity index (χ4n) is 2.42. The molecule has 6 nitrogen and oxygen atoms in total. The first kappa shape index (κ1) is 17.3. The molecule has 0 saturated heterocycles. The summed E-state index contributed by atoms with van der Waals surface area (Å²) in [6.45, 7) is 4.18. The number of methoxy groups -OCH3 is 1. The Kier molecular flexibility index (Phi) is 6.40. The molecule has 0 spiro atoms. The average molecular weight is 319 g/mol. The highest BCUT2D eigenvalue weighted by molar-refractivity contribution is 6.01. The van der Waals surface area contributed by atoms with E-state index in [2.05, 4.69) is 22.5 Å². The molecule has 1 aliphatic rings. The lowest BCUT2D eigenvalue weighted by Gasteiger charge is -2.20. The summed E-state index contributed by atoms with van der Waals surface area (Å²) in [6.07, 6.45) is 3.50. The molecule has 3 amide bonds. The number of benzene rings is 1. The second-order valence-corrected chi connectivity index (χ2v) is 5.91. The van der Waals surface area contributed by atoms with Crippen molar-refractivity contribution < 1.29 is 14.3 Å². The van der Waals surface area contributed by atoms with Crippen molar-refractivity contribution >= 4 is 17.6 Å². The van der Waals surface area contributed by atoms with Crippen molar-refractivity contribution in [2.24, 2.45) is 5.92 Å². The molecule has 2 rings (SSSR count). The van der Waals surface area contributed by atoms with Crippen LogP contribution >= 0.6 is 0 Å². The molecule has 1 fully saturated rings. The van der Waals surface area contributed by atoms with Crippen LogP contribution in [0.3, 0.4) is 0 Å². The SMILES string of the molecule is CCCN(CC(=O)NC(=O)Nc1ccc(OC)cc1)CC1CC1. The number of nitrogens with zero attached hydrogens (tertiary/aromatic N) is 1. The molecule has 1 aromatic carbocycles. The van der Waals surface area contributed by atoms with Gasteiger partial charge in [0.05, 0.1) is 13.7 Å². The quantitative estimate of drug-likeness (QED) is 0.772. The van der Waals surface area contributed by atoms with E-state index in [0.29, 0.717) is 11.4 Å². The topological polar surface area (TPSA) is 70.7 Å². The molecule has 0 unspecified atom stereocenters. The van der Waals surface area contributed by atoms with Gasteiger partial charge < -0.3 is 10.1 Å². The van der Waals surface area contributed by atoms with E-state index in [1.807, 2.05) is 0 Å². The van der Waals surface area contributed by atoms with Crippen LogP contribution < -0.4 is 15.4 Å². The molecular weight excluding hydrogens is 294 g/mol. The average Bonchev–Trinajstić information content (AvgIpc) is 3.32. The van der Waals surface area contributed by atoms with Crippen LogP contribution in [-0.4, -0.2) is 43.6 Å². The summed E-state index contributed by atoms with van der Waals surface area (Å²) < 4.78 is 5.05. The molecule has 2 N–H and O–H groups in total. The predicted octanol–water partition coefficient (Wildman–Crippen LogP) is 2.47. The van der Waals surface area contributed by atoms with Crippen LogP contribution in [0.1, 0.15) is 26.2 Å². The lowest BCUT2D eigenvalue weighted by Crippen LogP contribution is -2.42.